The van der Waals surface area contributed by atoms with Crippen LogP contribution >= 0.6 is 0 Å². The fraction of sp³-hybridized carbons (Fsp3) is 0.286. The molecule has 0 amide bonds. The number of halogens is 1. The molecule has 3 aliphatic rings. The maximum absolute atomic E-state index is 12.2. The highest BCUT2D eigenvalue weighted by Gasteiger charge is 2.54. The lowest BCUT2D eigenvalue weighted by molar-refractivity contribution is -0.984. The number of quaternary nitrogens is 1. The lowest BCUT2D eigenvalue weighted by Crippen LogP contribution is -3.00. The summed E-state index contributed by atoms with van der Waals surface area (Å²) >= 11 is 0. The van der Waals surface area contributed by atoms with Gasteiger partial charge in [0.2, 0.25) is 0 Å². The van der Waals surface area contributed by atoms with E-state index >= 15 is 0 Å². The van der Waals surface area contributed by atoms with Gasteiger partial charge in [-0.2, -0.15) is 0 Å². The van der Waals surface area contributed by atoms with Crippen LogP contribution in [0.5, 0.6) is 5.75 Å². The number of ether oxygens (including phenoxy) is 1. The Balaban J connectivity index is 0.00000289. The summed E-state index contributed by atoms with van der Waals surface area (Å²) in [6, 6.07) is 27.9. The lowest BCUT2D eigenvalue weighted by atomic mass is 9.71. The van der Waals surface area contributed by atoms with E-state index in [-0.39, 0.29) is 18.4 Å². The van der Waals surface area contributed by atoms with Crippen LogP contribution in [0, 0.1) is 11.8 Å². The molecule has 1 aromatic heterocycles. The predicted molar refractivity (Wildman–Crippen MR) is 159 cm³/mol. The summed E-state index contributed by atoms with van der Waals surface area (Å²) in [4.78, 5) is 4.59. The number of aliphatic hydroxyl groups excluding tert-OH is 1. The molecule has 4 heterocycles. The molecule has 1 N–H and O–H groups in total. The molecule has 2 bridgehead atoms. The van der Waals surface area contributed by atoms with E-state index < -0.39 is 6.10 Å². The van der Waals surface area contributed by atoms with Crippen LogP contribution in [0.3, 0.4) is 0 Å². The Kier molecular flexibility index (Phi) is 7.03. The number of aliphatic hydroxyl groups is 1. The van der Waals surface area contributed by atoms with Gasteiger partial charge in [0.05, 0.1) is 25.7 Å². The van der Waals surface area contributed by atoms with Crippen molar-refractivity contribution in [1.29, 1.82) is 0 Å². The first-order chi connectivity index (χ1) is 19.1. The lowest BCUT2D eigenvalue weighted by Gasteiger charge is -2.58. The molecule has 8 rings (SSSR count). The molecule has 4 aromatic carbocycles. The minimum absolute atomic E-state index is 0. The van der Waals surface area contributed by atoms with E-state index in [1.807, 2.05) is 30.5 Å². The summed E-state index contributed by atoms with van der Waals surface area (Å²) < 4.78 is 6.41. The van der Waals surface area contributed by atoms with Crippen LogP contribution in [-0.4, -0.2) is 40.8 Å². The Morgan fingerprint density at radius 1 is 1.00 bits per heavy atom. The highest BCUT2D eigenvalue weighted by molar-refractivity contribution is 6.02. The number of benzene rings is 4. The molecule has 0 spiro atoms. The van der Waals surface area contributed by atoms with Crippen LogP contribution in [0.1, 0.15) is 30.1 Å². The normalized spacial score (nSPS) is 24.6. The molecule has 5 atom stereocenters. The van der Waals surface area contributed by atoms with Crippen molar-refractivity contribution in [2.45, 2.75) is 31.5 Å². The Hall–Kier alpha value is -3.44. The molecule has 0 aliphatic carbocycles. The maximum atomic E-state index is 12.2. The minimum Gasteiger partial charge on any atom is -1.00 e. The van der Waals surface area contributed by atoms with Crippen molar-refractivity contribution >= 4 is 32.4 Å². The zero-order valence-corrected chi connectivity index (χ0v) is 23.6. The van der Waals surface area contributed by atoms with Gasteiger partial charge in [-0.05, 0) is 63.4 Å². The molecule has 5 aromatic rings. The molecule has 5 heteroatoms. The van der Waals surface area contributed by atoms with Crippen molar-refractivity contribution < 1.29 is 26.7 Å². The van der Waals surface area contributed by atoms with Gasteiger partial charge in [0.1, 0.15) is 24.4 Å². The van der Waals surface area contributed by atoms with Crippen molar-refractivity contribution in [3.63, 3.8) is 0 Å². The number of fused-ring (bicyclic) bond motifs is 6. The van der Waals surface area contributed by atoms with Crippen LogP contribution in [0.2, 0.25) is 0 Å². The second-order valence-electron chi connectivity index (χ2n) is 11.6. The van der Waals surface area contributed by atoms with E-state index in [0.717, 1.165) is 52.8 Å². The number of hydrogen-bond donors (Lipinski definition) is 1. The summed E-state index contributed by atoms with van der Waals surface area (Å²) in [6.07, 6.45) is 5.58. The van der Waals surface area contributed by atoms with Gasteiger partial charge in [0, 0.05) is 35.9 Å². The van der Waals surface area contributed by atoms with Gasteiger partial charge >= 0.3 is 0 Å². The Morgan fingerprint density at radius 3 is 2.42 bits per heavy atom. The van der Waals surface area contributed by atoms with Crippen molar-refractivity contribution in [1.82, 2.24) is 4.98 Å². The quantitative estimate of drug-likeness (QED) is 0.196. The Morgan fingerprint density at radius 2 is 1.73 bits per heavy atom. The van der Waals surface area contributed by atoms with Crippen molar-refractivity contribution in [2.24, 2.45) is 11.8 Å². The molecule has 204 valence electrons. The van der Waals surface area contributed by atoms with Gasteiger partial charge in [-0.1, -0.05) is 54.6 Å². The second-order valence-corrected chi connectivity index (χ2v) is 11.6. The van der Waals surface area contributed by atoms with Crippen LogP contribution < -0.4 is 17.1 Å². The van der Waals surface area contributed by atoms with E-state index in [1.165, 1.54) is 33.5 Å². The van der Waals surface area contributed by atoms with Gasteiger partial charge in [0.15, 0.2) is 0 Å². The first kappa shape index (κ1) is 26.8. The maximum Gasteiger partial charge on any atom is 0.131 e. The number of pyridine rings is 1. The summed E-state index contributed by atoms with van der Waals surface area (Å²) in [6.45, 7) is 7.21. The molecule has 3 aliphatic heterocycles. The van der Waals surface area contributed by atoms with Crippen LogP contribution in [-0.2, 0) is 6.54 Å². The average molecular weight is 551 g/mol. The molecular weight excluding hydrogens is 516 g/mol. The number of rotatable bonds is 6. The number of hydrogen-bond acceptors (Lipinski definition) is 3. The number of aromatic nitrogens is 1. The largest absolute Gasteiger partial charge is 1.00 e. The molecule has 0 radical (unpaired) electrons. The number of nitrogens with zero attached hydrogens (tertiary/aromatic N) is 2. The van der Waals surface area contributed by atoms with Gasteiger partial charge in [-0.25, -0.2) is 0 Å². The van der Waals surface area contributed by atoms with E-state index in [9.17, 15) is 5.11 Å². The standard InChI is InChI=1S/C35H35N2O2.ClH/c1-3-23-21-37(22-32-28-10-6-4-8-25(28)18-26-9-5-7-11-29(26)32)17-15-24(23)19-34(37)35(38)30-14-16-36-33-13-12-27(39-2)20-31(30)33;/h3-14,16,18,20,23-24,34-35,38H,1,15,17,19,21-22H2,2H3;1H/q+1;/p-1/t23-,24-,34-,35+,37?;/m0./s1. The smallest absolute Gasteiger partial charge is 0.131 e. The molecule has 4 nitrogen and oxygen atoms in total. The van der Waals surface area contributed by atoms with Crippen molar-refractivity contribution in [3.05, 3.63) is 109 Å². The third kappa shape index (κ3) is 4.26. The van der Waals surface area contributed by atoms with Gasteiger partial charge in [0.25, 0.3) is 0 Å². The molecule has 40 heavy (non-hydrogen) atoms. The first-order valence-corrected chi connectivity index (χ1v) is 14.1. The highest BCUT2D eigenvalue weighted by atomic mass is 35.5. The highest BCUT2D eigenvalue weighted by Crippen LogP contribution is 2.49. The molecule has 3 fully saturated rings. The Bertz CT molecular complexity index is 1660. The van der Waals surface area contributed by atoms with E-state index in [1.54, 1.807) is 7.11 Å². The molecule has 0 saturated carbocycles. The summed E-state index contributed by atoms with van der Waals surface area (Å²) in [5.41, 5.74) is 3.23. The fourth-order valence-electron chi connectivity index (χ4n) is 7.71. The first-order valence-electron chi connectivity index (χ1n) is 14.1. The predicted octanol–water partition coefficient (Wildman–Crippen LogP) is 4.20. The third-order valence-electron chi connectivity index (χ3n) is 9.70. The van der Waals surface area contributed by atoms with Crippen LogP contribution in [0.25, 0.3) is 32.4 Å². The zero-order valence-electron chi connectivity index (χ0n) is 22.8. The van der Waals surface area contributed by atoms with E-state index in [0.29, 0.717) is 11.8 Å². The van der Waals surface area contributed by atoms with E-state index in [2.05, 4.69) is 72.2 Å². The van der Waals surface area contributed by atoms with E-state index in [4.69, 9.17) is 4.74 Å². The summed E-state index contributed by atoms with van der Waals surface area (Å²) in [7, 11) is 1.68. The molecular formula is C35H35ClN2O2. The molecule has 3 saturated heterocycles. The summed E-state index contributed by atoms with van der Waals surface area (Å²) in [5.74, 6) is 1.82. The molecule has 1 unspecified atom stereocenters. The number of methoxy groups -OCH3 is 1. The van der Waals surface area contributed by atoms with Crippen LogP contribution in [0.4, 0.5) is 0 Å². The SMILES string of the molecule is C=C[C@H]1C[N+]2(Cc3c4ccccc4cc4ccccc34)CC[C@H]1C[C@H]2[C@H](O)c1ccnc2ccc(OC)cc12.[Cl-]. The van der Waals surface area contributed by atoms with Crippen LogP contribution in [0.15, 0.2) is 97.7 Å². The van der Waals surface area contributed by atoms with Crippen molar-refractivity contribution in [3.8, 4) is 5.75 Å². The van der Waals surface area contributed by atoms with Crippen molar-refractivity contribution in [2.75, 3.05) is 20.2 Å². The monoisotopic (exact) mass is 550 g/mol. The zero-order chi connectivity index (χ0) is 26.6. The minimum atomic E-state index is -0.600. The van der Waals surface area contributed by atoms with Gasteiger partial charge in [-0.15, -0.1) is 6.58 Å². The second kappa shape index (κ2) is 10.5. The average Bonchev–Trinajstić information content (AvgIpc) is 3.00. The summed E-state index contributed by atoms with van der Waals surface area (Å²) in [5, 5.41) is 18.4. The van der Waals surface area contributed by atoms with Gasteiger partial charge < -0.3 is 26.7 Å². The van der Waals surface area contributed by atoms with Gasteiger partial charge in [-0.3, -0.25) is 4.98 Å². The Labute approximate surface area is 241 Å². The topological polar surface area (TPSA) is 42.4 Å². The number of piperidine rings is 3. The fourth-order valence-corrected chi connectivity index (χ4v) is 7.71. The third-order valence-corrected chi connectivity index (χ3v) is 9.70.